The molecule has 1 rings (SSSR count). The van der Waals surface area contributed by atoms with Crippen molar-refractivity contribution < 1.29 is 18.3 Å². The Morgan fingerprint density at radius 2 is 1.93 bits per heavy atom. The van der Waals surface area contributed by atoms with E-state index in [4.69, 9.17) is 0 Å². The maximum absolute atomic E-state index is 12.4. The van der Waals surface area contributed by atoms with Crippen molar-refractivity contribution in [2.75, 3.05) is 7.11 Å². The van der Waals surface area contributed by atoms with E-state index in [1.165, 1.54) is 25.3 Å². The molecule has 0 aliphatic heterocycles. The van der Waals surface area contributed by atoms with Crippen LogP contribution in [0.5, 0.6) is 0 Å². The van der Waals surface area contributed by atoms with Crippen LogP contribution in [0.3, 0.4) is 0 Å². The van der Waals surface area contributed by atoms with E-state index >= 15 is 0 Å². The first-order valence-electron chi connectivity index (χ1n) is 4.52. The van der Waals surface area contributed by atoms with Crippen molar-refractivity contribution in [3.63, 3.8) is 0 Å². The van der Waals surface area contributed by atoms with Crippen molar-refractivity contribution in [1.29, 1.82) is 0 Å². The summed E-state index contributed by atoms with van der Waals surface area (Å²) in [4.78, 5) is 11.2. The normalized spacial score (nSPS) is 12.6. The van der Waals surface area contributed by atoms with E-state index in [1.807, 2.05) is 0 Å². The van der Waals surface area contributed by atoms with Crippen LogP contribution in [-0.4, -0.2) is 13.1 Å². The van der Waals surface area contributed by atoms with Gasteiger partial charge in [0.05, 0.1) is 13.0 Å². The molecule has 0 amide bonds. The molecule has 1 aromatic rings. The molecule has 1 unspecified atom stereocenters. The van der Waals surface area contributed by atoms with Gasteiger partial charge >= 0.3 is 5.97 Å². The van der Waals surface area contributed by atoms with Crippen molar-refractivity contribution in [2.45, 2.75) is 19.3 Å². The largest absolute Gasteiger partial charge is 0.469 e. The van der Waals surface area contributed by atoms with Crippen LogP contribution >= 0.6 is 0 Å². The van der Waals surface area contributed by atoms with E-state index in [0.29, 0.717) is 5.56 Å². The van der Waals surface area contributed by atoms with Crippen molar-refractivity contribution in [3.05, 3.63) is 35.4 Å². The Hall–Kier alpha value is -1.45. The van der Waals surface area contributed by atoms with Gasteiger partial charge < -0.3 is 4.74 Å². The lowest BCUT2D eigenvalue weighted by Gasteiger charge is -2.10. The van der Waals surface area contributed by atoms with Crippen LogP contribution in [0.15, 0.2) is 24.3 Å². The maximum Gasteiger partial charge on any atom is 0.312 e. The van der Waals surface area contributed by atoms with Gasteiger partial charge in [-0.1, -0.05) is 18.2 Å². The molecule has 0 aliphatic carbocycles. The van der Waals surface area contributed by atoms with E-state index in [1.54, 1.807) is 13.0 Å². The number of carbonyl (C=O) groups excluding carboxylic acids is 1. The highest BCUT2D eigenvalue weighted by atomic mass is 19.3. The van der Waals surface area contributed by atoms with Gasteiger partial charge in [-0.15, -0.1) is 0 Å². The average molecular weight is 214 g/mol. The third-order valence-electron chi connectivity index (χ3n) is 2.22. The standard InChI is InChI=1S/C11H12F2O2/c1-7(11(14)15-2)8-4-3-5-9(6-8)10(12)13/h3-7,10H,1-2H3. The summed E-state index contributed by atoms with van der Waals surface area (Å²) in [6, 6.07) is 5.80. The number of alkyl halides is 2. The van der Waals surface area contributed by atoms with Gasteiger partial charge in [0.25, 0.3) is 6.43 Å². The highest BCUT2D eigenvalue weighted by Crippen LogP contribution is 2.23. The Labute approximate surface area is 86.9 Å². The Morgan fingerprint density at radius 1 is 1.33 bits per heavy atom. The molecule has 2 nitrogen and oxygen atoms in total. The molecule has 82 valence electrons. The molecule has 1 atom stereocenters. The Bertz CT molecular complexity index is 350. The molecule has 0 radical (unpaired) electrons. The minimum atomic E-state index is -2.52. The van der Waals surface area contributed by atoms with Crippen LogP contribution in [0.2, 0.25) is 0 Å². The van der Waals surface area contributed by atoms with Crippen LogP contribution in [0.25, 0.3) is 0 Å². The highest BCUT2D eigenvalue weighted by Gasteiger charge is 2.17. The van der Waals surface area contributed by atoms with Crippen LogP contribution in [0.4, 0.5) is 8.78 Å². The molecule has 0 saturated heterocycles. The second-order valence-corrected chi connectivity index (χ2v) is 3.22. The summed E-state index contributed by atoms with van der Waals surface area (Å²) in [7, 11) is 1.27. The summed E-state index contributed by atoms with van der Waals surface area (Å²) < 4.78 is 29.3. The first-order valence-corrected chi connectivity index (χ1v) is 4.52. The molecule has 0 bridgehead atoms. The Kier molecular flexibility index (Phi) is 3.77. The van der Waals surface area contributed by atoms with Crippen molar-refractivity contribution in [1.82, 2.24) is 0 Å². The minimum Gasteiger partial charge on any atom is -0.469 e. The van der Waals surface area contributed by atoms with Crippen LogP contribution in [0, 0.1) is 0 Å². The van der Waals surface area contributed by atoms with Crippen molar-refractivity contribution >= 4 is 5.97 Å². The van der Waals surface area contributed by atoms with Crippen LogP contribution in [-0.2, 0) is 9.53 Å². The fourth-order valence-electron chi connectivity index (χ4n) is 1.28. The van der Waals surface area contributed by atoms with Gasteiger partial charge in [-0.25, -0.2) is 8.78 Å². The van der Waals surface area contributed by atoms with Crippen LogP contribution in [0.1, 0.15) is 30.4 Å². The van der Waals surface area contributed by atoms with E-state index in [0.717, 1.165) is 0 Å². The Morgan fingerprint density at radius 3 is 2.47 bits per heavy atom. The summed E-state index contributed by atoms with van der Waals surface area (Å²) in [6.07, 6.45) is -2.52. The predicted octanol–water partition coefficient (Wildman–Crippen LogP) is 2.90. The average Bonchev–Trinajstić information content (AvgIpc) is 2.27. The number of esters is 1. The zero-order valence-electron chi connectivity index (χ0n) is 8.54. The third-order valence-corrected chi connectivity index (χ3v) is 2.22. The summed E-state index contributed by atoms with van der Waals surface area (Å²) >= 11 is 0. The molecular formula is C11H12F2O2. The molecule has 15 heavy (non-hydrogen) atoms. The van der Waals surface area contributed by atoms with Gasteiger partial charge in [0.15, 0.2) is 0 Å². The Balaban J connectivity index is 2.95. The number of rotatable bonds is 3. The minimum absolute atomic E-state index is 0.0803. The number of benzene rings is 1. The third kappa shape index (κ3) is 2.75. The number of halogens is 2. The molecule has 0 saturated carbocycles. The lowest BCUT2D eigenvalue weighted by Crippen LogP contribution is -2.10. The molecule has 0 aromatic heterocycles. The SMILES string of the molecule is COC(=O)C(C)c1cccc(C(F)F)c1. The molecule has 0 spiro atoms. The second-order valence-electron chi connectivity index (χ2n) is 3.22. The summed E-state index contributed by atoms with van der Waals surface area (Å²) in [5, 5.41) is 0. The molecule has 4 heteroatoms. The molecule has 0 aliphatic rings. The maximum atomic E-state index is 12.4. The second kappa shape index (κ2) is 4.87. The van der Waals surface area contributed by atoms with Crippen LogP contribution < -0.4 is 0 Å². The molecular weight excluding hydrogens is 202 g/mol. The van der Waals surface area contributed by atoms with Crippen molar-refractivity contribution in [3.8, 4) is 0 Å². The van der Waals surface area contributed by atoms with Gasteiger partial charge in [-0.05, 0) is 18.6 Å². The van der Waals surface area contributed by atoms with E-state index in [2.05, 4.69) is 4.74 Å². The topological polar surface area (TPSA) is 26.3 Å². The highest BCUT2D eigenvalue weighted by molar-refractivity contribution is 5.77. The molecule has 0 fully saturated rings. The summed E-state index contributed by atoms with van der Waals surface area (Å²) in [5.41, 5.74) is 0.461. The van der Waals surface area contributed by atoms with E-state index < -0.39 is 18.3 Å². The number of ether oxygens (including phenoxy) is 1. The van der Waals surface area contributed by atoms with Gasteiger partial charge in [-0.2, -0.15) is 0 Å². The zero-order valence-corrected chi connectivity index (χ0v) is 8.54. The zero-order chi connectivity index (χ0) is 11.4. The quantitative estimate of drug-likeness (QED) is 0.723. The van der Waals surface area contributed by atoms with E-state index in [-0.39, 0.29) is 5.56 Å². The van der Waals surface area contributed by atoms with Gasteiger partial charge in [0, 0.05) is 5.56 Å². The first kappa shape index (κ1) is 11.6. The fourth-order valence-corrected chi connectivity index (χ4v) is 1.28. The van der Waals surface area contributed by atoms with Gasteiger partial charge in [0.1, 0.15) is 0 Å². The van der Waals surface area contributed by atoms with Gasteiger partial charge in [0.2, 0.25) is 0 Å². The summed E-state index contributed by atoms with van der Waals surface area (Å²) in [5.74, 6) is -0.949. The monoisotopic (exact) mass is 214 g/mol. The number of methoxy groups -OCH3 is 1. The lowest BCUT2D eigenvalue weighted by atomic mass is 9.99. The molecule has 1 aromatic carbocycles. The molecule has 0 N–H and O–H groups in total. The van der Waals surface area contributed by atoms with E-state index in [9.17, 15) is 13.6 Å². The smallest absolute Gasteiger partial charge is 0.312 e. The summed E-state index contributed by atoms with van der Waals surface area (Å²) in [6.45, 7) is 1.62. The number of hydrogen-bond acceptors (Lipinski definition) is 2. The number of hydrogen-bond donors (Lipinski definition) is 0. The van der Waals surface area contributed by atoms with Gasteiger partial charge in [-0.3, -0.25) is 4.79 Å². The predicted molar refractivity (Wildman–Crippen MR) is 51.8 cm³/mol. The number of carbonyl (C=O) groups is 1. The van der Waals surface area contributed by atoms with Crippen molar-refractivity contribution in [2.24, 2.45) is 0 Å². The fraction of sp³-hybridized carbons (Fsp3) is 0.364. The lowest BCUT2D eigenvalue weighted by molar-refractivity contribution is -0.142. The first-order chi connectivity index (χ1) is 7.06. The molecule has 0 heterocycles.